The maximum absolute atomic E-state index is 6.03. The SMILES string of the molecule is COc1cccc2c1OCCCN(Cc1nc(-c3cccc(OC)c3OC)oc1C)C2. The zero-order chi connectivity index (χ0) is 21.8. The van der Waals surface area contributed by atoms with Crippen LogP contribution >= 0.6 is 0 Å². The van der Waals surface area contributed by atoms with Gasteiger partial charge in [0.05, 0.1) is 39.2 Å². The van der Waals surface area contributed by atoms with Gasteiger partial charge in [-0.1, -0.05) is 18.2 Å². The van der Waals surface area contributed by atoms with Crippen LogP contribution in [0.4, 0.5) is 0 Å². The number of aryl methyl sites for hydroxylation is 1. The van der Waals surface area contributed by atoms with E-state index < -0.39 is 0 Å². The van der Waals surface area contributed by atoms with Gasteiger partial charge in [-0.2, -0.15) is 0 Å². The first-order valence-corrected chi connectivity index (χ1v) is 10.3. The number of para-hydroxylation sites is 2. The Hall–Kier alpha value is -3.19. The van der Waals surface area contributed by atoms with Crippen molar-refractivity contribution < 1.29 is 23.4 Å². The standard InChI is InChI=1S/C24H28N2O5/c1-16-19(25-24(31-16)18-9-6-11-21(28-3)23(18)29-4)15-26-12-7-13-30-22-17(14-26)8-5-10-20(22)27-2/h5-6,8-11H,7,12-15H2,1-4H3. The first kappa shape index (κ1) is 21.1. The zero-order valence-electron chi connectivity index (χ0n) is 18.4. The molecule has 0 saturated heterocycles. The van der Waals surface area contributed by atoms with Gasteiger partial charge in [0, 0.05) is 25.2 Å². The van der Waals surface area contributed by atoms with Crippen LogP contribution in [0.3, 0.4) is 0 Å². The van der Waals surface area contributed by atoms with Crippen molar-refractivity contribution in [1.82, 2.24) is 9.88 Å². The minimum atomic E-state index is 0.528. The molecule has 7 nitrogen and oxygen atoms in total. The average molecular weight is 424 g/mol. The van der Waals surface area contributed by atoms with Gasteiger partial charge in [-0.25, -0.2) is 4.98 Å². The van der Waals surface area contributed by atoms with Crippen LogP contribution in [0.15, 0.2) is 40.8 Å². The lowest BCUT2D eigenvalue weighted by atomic mass is 10.1. The Morgan fingerprint density at radius 2 is 1.77 bits per heavy atom. The minimum absolute atomic E-state index is 0.528. The minimum Gasteiger partial charge on any atom is -0.493 e. The lowest BCUT2D eigenvalue weighted by molar-refractivity contribution is 0.193. The van der Waals surface area contributed by atoms with Crippen LogP contribution in [0.2, 0.25) is 0 Å². The Balaban J connectivity index is 1.60. The molecule has 164 valence electrons. The summed E-state index contributed by atoms with van der Waals surface area (Å²) in [6, 6.07) is 11.7. The van der Waals surface area contributed by atoms with Crippen molar-refractivity contribution in [2.24, 2.45) is 0 Å². The Kier molecular flexibility index (Phi) is 6.32. The molecule has 1 aliphatic rings. The summed E-state index contributed by atoms with van der Waals surface area (Å²) in [4.78, 5) is 7.16. The molecule has 0 fully saturated rings. The van der Waals surface area contributed by atoms with Gasteiger partial charge in [-0.05, 0) is 31.5 Å². The summed E-state index contributed by atoms with van der Waals surface area (Å²) < 4.78 is 28.4. The number of nitrogens with zero attached hydrogens (tertiary/aromatic N) is 2. The van der Waals surface area contributed by atoms with Crippen LogP contribution in [0.1, 0.15) is 23.4 Å². The van der Waals surface area contributed by atoms with Crippen LogP contribution in [-0.2, 0) is 13.1 Å². The van der Waals surface area contributed by atoms with E-state index in [2.05, 4.69) is 11.0 Å². The average Bonchev–Trinajstić information content (AvgIpc) is 3.14. The molecule has 0 saturated carbocycles. The highest BCUT2D eigenvalue weighted by atomic mass is 16.5. The second kappa shape index (κ2) is 9.31. The third-order valence-corrected chi connectivity index (χ3v) is 5.44. The predicted molar refractivity (Wildman–Crippen MR) is 117 cm³/mol. The van der Waals surface area contributed by atoms with Gasteiger partial charge in [0.15, 0.2) is 23.0 Å². The molecule has 0 aliphatic carbocycles. The van der Waals surface area contributed by atoms with Gasteiger partial charge in [-0.15, -0.1) is 0 Å². The maximum atomic E-state index is 6.03. The van der Waals surface area contributed by atoms with Crippen molar-refractivity contribution in [3.05, 3.63) is 53.4 Å². The summed E-state index contributed by atoms with van der Waals surface area (Å²) >= 11 is 0. The Bertz CT molecular complexity index is 1050. The molecule has 1 aromatic heterocycles. The van der Waals surface area contributed by atoms with Gasteiger partial charge in [0.1, 0.15) is 5.76 Å². The van der Waals surface area contributed by atoms with E-state index in [1.807, 2.05) is 37.3 Å². The van der Waals surface area contributed by atoms with E-state index in [1.165, 1.54) is 0 Å². The molecule has 2 heterocycles. The smallest absolute Gasteiger partial charge is 0.230 e. The molecule has 0 amide bonds. The number of ether oxygens (including phenoxy) is 4. The molecule has 3 aromatic rings. The highest BCUT2D eigenvalue weighted by Crippen LogP contribution is 2.38. The first-order valence-electron chi connectivity index (χ1n) is 10.3. The summed E-state index contributed by atoms with van der Waals surface area (Å²) in [6.07, 6.45) is 0.922. The fourth-order valence-electron chi connectivity index (χ4n) is 3.88. The maximum Gasteiger partial charge on any atom is 0.230 e. The summed E-state index contributed by atoms with van der Waals surface area (Å²) in [5.41, 5.74) is 2.79. The van der Waals surface area contributed by atoms with E-state index in [-0.39, 0.29) is 0 Å². The van der Waals surface area contributed by atoms with Crippen LogP contribution in [0.5, 0.6) is 23.0 Å². The molecule has 0 atom stereocenters. The number of hydrogen-bond acceptors (Lipinski definition) is 7. The number of hydrogen-bond donors (Lipinski definition) is 0. The number of methoxy groups -OCH3 is 3. The molecule has 0 bridgehead atoms. The van der Waals surface area contributed by atoms with Crippen molar-refractivity contribution >= 4 is 0 Å². The van der Waals surface area contributed by atoms with Crippen molar-refractivity contribution in [3.63, 3.8) is 0 Å². The van der Waals surface area contributed by atoms with E-state index in [4.69, 9.17) is 28.3 Å². The van der Waals surface area contributed by atoms with Gasteiger partial charge >= 0.3 is 0 Å². The fraction of sp³-hybridized carbons (Fsp3) is 0.375. The Labute approximate surface area is 182 Å². The second-order valence-electron chi connectivity index (χ2n) is 7.42. The predicted octanol–water partition coefficient (Wildman–Crippen LogP) is 4.46. The number of rotatable bonds is 6. The molecule has 0 unspecified atom stereocenters. The third-order valence-electron chi connectivity index (χ3n) is 5.44. The lowest BCUT2D eigenvalue weighted by Gasteiger charge is -2.26. The molecular formula is C24H28N2O5. The second-order valence-corrected chi connectivity index (χ2v) is 7.42. The summed E-state index contributed by atoms with van der Waals surface area (Å²) in [5, 5.41) is 0. The van der Waals surface area contributed by atoms with E-state index >= 15 is 0 Å². The molecule has 2 aromatic carbocycles. The summed E-state index contributed by atoms with van der Waals surface area (Å²) in [5.74, 6) is 4.18. The first-order chi connectivity index (χ1) is 15.1. The monoisotopic (exact) mass is 424 g/mol. The quantitative estimate of drug-likeness (QED) is 0.579. The molecule has 7 heteroatoms. The van der Waals surface area contributed by atoms with Crippen LogP contribution in [-0.4, -0.2) is 44.4 Å². The largest absolute Gasteiger partial charge is 0.493 e. The molecule has 1 aliphatic heterocycles. The van der Waals surface area contributed by atoms with E-state index in [1.54, 1.807) is 21.3 Å². The van der Waals surface area contributed by atoms with Crippen LogP contribution < -0.4 is 18.9 Å². The zero-order valence-corrected chi connectivity index (χ0v) is 18.4. The third kappa shape index (κ3) is 4.32. The van der Waals surface area contributed by atoms with Crippen molar-refractivity contribution in [3.8, 4) is 34.5 Å². The topological polar surface area (TPSA) is 66.2 Å². The van der Waals surface area contributed by atoms with Gasteiger partial charge in [0.2, 0.25) is 5.89 Å². The summed E-state index contributed by atoms with van der Waals surface area (Å²) in [6.45, 7) is 4.92. The van der Waals surface area contributed by atoms with Crippen LogP contribution in [0.25, 0.3) is 11.5 Å². The molecule has 0 N–H and O–H groups in total. The summed E-state index contributed by atoms with van der Waals surface area (Å²) in [7, 11) is 4.90. The number of aromatic nitrogens is 1. The molecule has 0 radical (unpaired) electrons. The van der Waals surface area contributed by atoms with E-state index in [9.17, 15) is 0 Å². The Morgan fingerprint density at radius 1 is 1.00 bits per heavy atom. The van der Waals surface area contributed by atoms with Gasteiger partial charge in [-0.3, -0.25) is 4.90 Å². The number of fused-ring (bicyclic) bond motifs is 1. The lowest BCUT2D eigenvalue weighted by Crippen LogP contribution is -2.28. The normalized spacial score (nSPS) is 14.2. The Morgan fingerprint density at radius 3 is 2.55 bits per heavy atom. The van der Waals surface area contributed by atoms with Crippen molar-refractivity contribution in [2.45, 2.75) is 26.4 Å². The van der Waals surface area contributed by atoms with Crippen molar-refractivity contribution in [1.29, 1.82) is 0 Å². The fourth-order valence-corrected chi connectivity index (χ4v) is 3.88. The highest BCUT2D eigenvalue weighted by molar-refractivity contribution is 5.68. The van der Waals surface area contributed by atoms with E-state index in [0.29, 0.717) is 30.5 Å². The molecule has 31 heavy (non-hydrogen) atoms. The van der Waals surface area contributed by atoms with Crippen LogP contribution in [0, 0.1) is 6.92 Å². The molecule has 0 spiro atoms. The highest BCUT2D eigenvalue weighted by Gasteiger charge is 2.22. The van der Waals surface area contributed by atoms with Crippen molar-refractivity contribution in [2.75, 3.05) is 34.5 Å². The number of oxazole rings is 1. The number of benzene rings is 2. The van der Waals surface area contributed by atoms with Gasteiger partial charge < -0.3 is 23.4 Å². The van der Waals surface area contributed by atoms with E-state index in [0.717, 1.165) is 53.6 Å². The molecule has 4 rings (SSSR count). The van der Waals surface area contributed by atoms with Gasteiger partial charge in [0.25, 0.3) is 0 Å². The molecular weight excluding hydrogens is 396 g/mol.